The van der Waals surface area contributed by atoms with Crippen molar-refractivity contribution >= 4 is 32.3 Å². The maximum atomic E-state index is 2.69. The first-order valence-electron chi connectivity index (χ1n) is 36.2. The topological polar surface area (TPSA) is 0 Å². The van der Waals surface area contributed by atoms with Crippen molar-refractivity contribution in [2.24, 2.45) is 69.0 Å². The summed E-state index contributed by atoms with van der Waals surface area (Å²) in [6, 6.07) is 15.8. The summed E-state index contributed by atoms with van der Waals surface area (Å²) in [5, 5.41) is 11.5. The molecule has 16 bridgehead atoms. The minimum absolute atomic E-state index is 0.175. The van der Waals surface area contributed by atoms with Gasteiger partial charge in [0, 0.05) is 0 Å². The van der Waals surface area contributed by atoms with Crippen LogP contribution in [0.4, 0.5) is 0 Å². The lowest BCUT2D eigenvalue weighted by molar-refractivity contribution is 0.165. The third-order valence-electron chi connectivity index (χ3n) is 26.7. The molecular weight excluding hydrogens is 1010 g/mol. The number of benzene rings is 6. The molecular formula is C84H106. The van der Waals surface area contributed by atoms with Crippen LogP contribution in [-0.2, 0) is 25.7 Å². The summed E-state index contributed by atoms with van der Waals surface area (Å²) in [6.45, 7) is 30.8. The Kier molecular flexibility index (Phi) is 11.5. The zero-order valence-corrected chi connectivity index (χ0v) is 54.7. The van der Waals surface area contributed by atoms with Crippen LogP contribution in [0, 0.1) is 69.0 Å². The molecule has 0 amide bonds. The predicted octanol–water partition coefficient (Wildman–Crippen LogP) is 23.8. The second kappa shape index (κ2) is 18.0. The fourth-order valence-electron chi connectivity index (χ4n) is 25.7. The molecule has 0 aliphatic heterocycles. The number of rotatable bonds is 6. The van der Waals surface area contributed by atoms with Gasteiger partial charge in [-0.15, -0.1) is 0 Å². The molecule has 0 N–H and O–H groups in total. The molecule has 0 radical (unpaired) electrons. The summed E-state index contributed by atoms with van der Waals surface area (Å²) < 4.78 is 0. The van der Waals surface area contributed by atoms with Crippen LogP contribution in [0.25, 0.3) is 54.6 Å². The van der Waals surface area contributed by atoms with E-state index in [4.69, 9.17) is 0 Å². The monoisotopic (exact) mass is 1110 g/mol. The van der Waals surface area contributed by atoms with Gasteiger partial charge in [0.1, 0.15) is 0 Å². The van der Waals surface area contributed by atoms with Crippen LogP contribution in [-0.4, -0.2) is 0 Å². The molecule has 6 aromatic carbocycles. The lowest BCUT2D eigenvalue weighted by atomic mass is 9.65. The van der Waals surface area contributed by atoms with E-state index in [1.807, 2.05) is 88.0 Å². The molecule has 84 heavy (non-hydrogen) atoms. The molecule has 0 heterocycles. The Bertz CT molecular complexity index is 3380. The summed E-state index contributed by atoms with van der Waals surface area (Å²) in [4.78, 5) is 0. The van der Waals surface area contributed by atoms with E-state index in [1.165, 1.54) is 128 Å². The molecule has 0 nitrogen and oxygen atoms in total. The molecule has 16 aliphatic carbocycles. The van der Waals surface area contributed by atoms with Gasteiger partial charge in [0.15, 0.2) is 0 Å². The van der Waals surface area contributed by atoms with Crippen molar-refractivity contribution in [3.8, 4) is 22.3 Å². The van der Waals surface area contributed by atoms with Gasteiger partial charge in [-0.1, -0.05) is 119 Å². The molecule has 442 valence electrons. The van der Waals surface area contributed by atoms with Crippen LogP contribution in [0.2, 0.25) is 0 Å². The summed E-state index contributed by atoms with van der Waals surface area (Å²) >= 11 is 0. The molecule has 0 spiro atoms. The third-order valence-corrected chi connectivity index (χ3v) is 26.7. The Labute approximate surface area is 508 Å². The molecule has 16 aliphatic rings. The zero-order chi connectivity index (χ0) is 57.2. The Balaban J connectivity index is 1.15. The average Bonchev–Trinajstić information content (AvgIpc) is 1.18. The number of hydrogen-bond acceptors (Lipinski definition) is 0. The lowest BCUT2D eigenvalue weighted by Crippen LogP contribution is -2.26. The molecule has 8 saturated carbocycles. The van der Waals surface area contributed by atoms with Crippen molar-refractivity contribution in [2.45, 2.75) is 285 Å². The highest BCUT2D eigenvalue weighted by Gasteiger charge is 2.54. The van der Waals surface area contributed by atoms with Gasteiger partial charge in [0.2, 0.25) is 0 Å². The molecule has 0 aromatic heterocycles. The Morgan fingerprint density at radius 1 is 0.226 bits per heavy atom. The molecule has 22 rings (SSSR count). The van der Waals surface area contributed by atoms with Crippen LogP contribution in [0.15, 0.2) is 36.4 Å². The fraction of sp³-hybridized carbons (Fsp3) is 0.667. The van der Waals surface area contributed by atoms with Gasteiger partial charge >= 0.3 is 0 Å². The van der Waals surface area contributed by atoms with Crippen molar-refractivity contribution in [1.29, 1.82) is 0 Å². The predicted molar refractivity (Wildman–Crippen MR) is 356 cm³/mol. The molecule has 8 atom stereocenters. The van der Waals surface area contributed by atoms with Gasteiger partial charge in [0.05, 0.1) is 0 Å². The van der Waals surface area contributed by atoms with Crippen molar-refractivity contribution < 1.29 is 0 Å². The number of hydrogen-bond donors (Lipinski definition) is 0. The van der Waals surface area contributed by atoms with Gasteiger partial charge in [0.25, 0.3) is 0 Å². The SMILES string of the molecule is CC(C)(C)Cc1cccc(CC(C)(C)C)c1-c1c2c(c3c4c(c5c(-c6c(CC(C)(C)C)cccc6CC(C)(C)C)c6c(c7c8c(c1c3c57)C1CC3CC(C1)CC8C3)C1CC3CC(CC6C3)C1)C1CC3CC(C1)CC4C3)C1CC3CC(CC2C3)C1. The Morgan fingerprint density at radius 3 is 0.631 bits per heavy atom. The van der Waals surface area contributed by atoms with E-state index in [1.54, 1.807) is 33.4 Å². The van der Waals surface area contributed by atoms with Crippen LogP contribution in [0.3, 0.4) is 0 Å². The standard InChI is InChI=1S/C84H106/c1-81(2,3)39-51-15-13-16-52(40-82(4,5)6)63(51)73-65-55-23-43-19-44(24-55)28-57(27-43)67(65)75-70-60-33-49-22-50(34-60)38-62(37-49)72(70)78-74(64-53(41-83(7,8)9)17-14-18-54(64)42-84(10,11)12)66-56-25-45-20-46(26-56)30-58(29-45)68(66)76-69-59-31-47-21-48(32-59)36-61(35-47)71(69)77(73)79(75)80(76)78/h13-18,43-50,55-62H,19-42H2,1-12H3. The largest absolute Gasteiger partial charge is 0.0617 e. The van der Waals surface area contributed by atoms with E-state index in [0.29, 0.717) is 47.3 Å². The lowest BCUT2D eigenvalue weighted by Gasteiger charge is -2.39. The molecule has 0 saturated heterocycles. The smallest absolute Gasteiger partial charge is 0.00110 e. The molecule has 6 aromatic rings. The van der Waals surface area contributed by atoms with E-state index < -0.39 is 0 Å². The first kappa shape index (κ1) is 53.4. The second-order valence-corrected chi connectivity index (χ2v) is 38.4. The van der Waals surface area contributed by atoms with E-state index in [2.05, 4.69) is 119 Å². The molecule has 8 fully saturated rings. The second-order valence-electron chi connectivity index (χ2n) is 38.4. The maximum absolute atomic E-state index is 2.69. The average molecular weight is 1120 g/mol. The van der Waals surface area contributed by atoms with Crippen LogP contribution in [0.1, 0.15) is 326 Å². The van der Waals surface area contributed by atoms with Crippen molar-refractivity contribution in [3.63, 3.8) is 0 Å². The van der Waals surface area contributed by atoms with Crippen LogP contribution in [0.5, 0.6) is 0 Å². The Morgan fingerprint density at radius 2 is 0.417 bits per heavy atom. The van der Waals surface area contributed by atoms with Crippen LogP contribution >= 0.6 is 0 Å². The van der Waals surface area contributed by atoms with E-state index in [9.17, 15) is 0 Å². The minimum Gasteiger partial charge on any atom is -0.0617 e. The van der Waals surface area contributed by atoms with Gasteiger partial charge in [-0.05, 0) is 392 Å². The Hall–Kier alpha value is -3.64. The van der Waals surface area contributed by atoms with Gasteiger partial charge in [-0.25, -0.2) is 0 Å². The van der Waals surface area contributed by atoms with Crippen molar-refractivity contribution in [1.82, 2.24) is 0 Å². The van der Waals surface area contributed by atoms with E-state index >= 15 is 0 Å². The first-order chi connectivity index (χ1) is 40.0. The van der Waals surface area contributed by atoms with E-state index in [-0.39, 0.29) is 21.7 Å². The first-order valence-corrected chi connectivity index (χ1v) is 36.2. The maximum Gasteiger partial charge on any atom is -0.00110 e. The van der Waals surface area contributed by atoms with Gasteiger partial charge < -0.3 is 0 Å². The van der Waals surface area contributed by atoms with Gasteiger partial charge in [-0.2, -0.15) is 0 Å². The highest BCUT2D eigenvalue weighted by atomic mass is 14.6. The highest BCUT2D eigenvalue weighted by molar-refractivity contribution is 6.34. The molecule has 0 heteroatoms. The fourth-order valence-corrected chi connectivity index (χ4v) is 25.7. The summed E-state index contributed by atoms with van der Waals surface area (Å²) in [5.41, 5.74) is 30.6. The van der Waals surface area contributed by atoms with Gasteiger partial charge in [-0.3, -0.25) is 0 Å². The normalized spacial score (nSPS) is 34.9. The highest BCUT2D eigenvalue weighted by Crippen LogP contribution is 2.72. The minimum atomic E-state index is 0.175. The van der Waals surface area contributed by atoms with E-state index in [0.717, 1.165) is 73.0 Å². The summed E-state index contributed by atoms with van der Waals surface area (Å²) in [5.74, 6) is 12.4. The summed E-state index contributed by atoms with van der Waals surface area (Å²) in [7, 11) is 0. The van der Waals surface area contributed by atoms with Crippen molar-refractivity contribution in [3.05, 3.63) is 103 Å². The van der Waals surface area contributed by atoms with Crippen LogP contribution < -0.4 is 0 Å². The molecule has 8 unspecified atom stereocenters. The third kappa shape index (κ3) is 8.12. The quantitative estimate of drug-likeness (QED) is 0.146. The summed E-state index contributed by atoms with van der Waals surface area (Å²) in [6.07, 6.45) is 33.7. The zero-order valence-electron chi connectivity index (χ0n) is 54.7. The van der Waals surface area contributed by atoms with Crippen molar-refractivity contribution in [2.75, 3.05) is 0 Å².